The maximum atomic E-state index is 12.5. The fourth-order valence-corrected chi connectivity index (χ4v) is 3.46. The number of carbonyl (C=O) groups is 3. The second-order valence-corrected chi connectivity index (χ2v) is 9.56. The van der Waals surface area contributed by atoms with E-state index in [0.29, 0.717) is 17.1 Å². The van der Waals surface area contributed by atoms with Crippen LogP contribution in [0.2, 0.25) is 0 Å². The minimum Gasteiger partial charge on any atom is -0.450 e. The zero-order valence-corrected chi connectivity index (χ0v) is 22.4. The van der Waals surface area contributed by atoms with Crippen molar-refractivity contribution in [2.24, 2.45) is 0 Å². The van der Waals surface area contributed by atoms with Crippen molar-refractivity contribution in [1.29, 1.82) is 0 Å². The predicted octanol–water partition coefficient (Wildman–Crippen LogP) is 4.38. The van der Waals surface area contributed by atoms with Crippen molar-refractivity contribution < 1.29 is 23.9 Å². The van der Waals surface area contributed by atoms with Crippen LogP contribution in [0.15, 0.2) is 65.5 Å². The third kappa shape index (κ3) is 9.62. The Kier molecular flexibility index (Phi) is 9.80. The van der Waals surface area contributed by atoms with Crippen molar-refractivity contribution in [3.8, 4) is 11.3 Å². The first-order chi connectivity index (χ1) is 18.5. The molecule has 3 N–H and O–H groups in total. The molecule has 3 aromatic rings. The molecule has 11 nitrogen and oxygen atoms in total. The van der Waals surface area contributed by atoms with Gasteiger partial charge >= 0.3 is 12.2 Å². The summed E-state index contributed by atoms with van der Waals surface area (Å²) >= 11 is 0. The normalized spacial score (nSPS) is 10.9. The molecule has 0 saturated heterocycles. The highest BCUT2D eigenvalue weighted by atomic mass is 16.6. The van der Waals surface area contributed by atoms with Crippen molar-refractivity contribution in [3.05, 3.63) is 76.6 Å². The van der Waals surface area contributed by atoms with Crippen LogP contribution >= 0.6 is 0 Å². The van der Waals surface area contributed by atoms with E-state index in [1.165, 1.54) is 10.7 Å². The van der Waals surface area contributed by atoms with Gasteiger partial charge in [0.15, 0.2) is 0 Å². The molecular formula is C28H33N5O6. The predicted molar refractivity (Wildman–Crippen MR) is 148 cm³/mol. The Morgan fingerprint density at radius 1 is 0.923 bits per heavy atom. The van der Waals surface area contributed by atoms with Crippen molar-refractivity contribution in [1.82, 2.24) is 15.1 Å². The number of ether oxygens (including phenoxy) is 2. The second kappa shape index (κ2) is 13.2. The molecule has 11 heteroatoms. The monoisotopic (exact) mass is 535 g/mol. The summed E-state index contributed by atoms with van der Waals surface area (Å²) in [5.74, 6) is -0.259. The Bertz CT molecular complexity index is 1360. The van der Waals surface area contributed by atoms with Gasteiger partial charge in [0.1, 0.15) is 5.60 Å². The van der Waals surface area contributed by atoms with E-state index in [9.17, 15) is 19.2 Å². The van der Waals surface area contributed by atoms with Gasteiger partial charge < -0.3 is 20.1 Å². The number of rotatable bonds is 9. The minimum atomic E-state index is -0.607. The molecule has 0 saturated carbocycles. The van der Waals surface area contributed by atoms with Gasteiger partial charge in [0.2, 0.25) is 5.91 Å². The molecule has 0 aliphatic rings. The number of amides is 3. The van der Waals surface area contributed by atoms with Crippen molar-refractivity contribution in [2.45, 2.75) is 46.3 Å². The third-order valence-electron chi connectivity index (χ3n) is 5.13. The van der Waals surface area contributed by atoms with Gasteiger partial charge in [-0.3, -0.25) is 14.9 Å². The summed E-state index contributed by atoms with van der Waals surface area (Å²) < 4.78 is 11.4. The molecule has 0 aliphatic carbocycles. The first-order valence-corrected chi connectivity index (χ1v) is 12.5. The Morgan fingerprint density at radius 2 is 1.67 bits per heavy atom. The van der Waals surface area contributed by atoms with Crippen molar-refractivity contribution in [3.63, 3.8) is 0 Å². The Morgan fingerprint density at radius 3 is 2.36 bits per heavy atom. The smallest absolute Gasteiger partial charge is 0.411 e. The van der Waals surface area contributed by atoms with E-state index in [1.807, 2.05) is 6.07 Å². The first kappa shape index (κ1) is 28.9. The standard InChI is InChI=1S/C28H33N5O6/c1-5-38-27(37)31-22-8-6-7-19(17-22)18-33-25(35)14-13-23(32-33)20-9-11-21(12-10-20)30-24(34)15-16-29-26(36)39-28(2,3)4/h6-14,17H,5,15-16,18H2,1-4H3,(H,29,36)(H,30,34)(H,31,37). The lowest BCUT2D eigenvalue weighted by molar-refractivity contribution is -0.116. The number of hydrogen-bond donors (Lipinski definition) is 3. The number of benzene rings is 2. The quantitative estimate of drug-likeness (QED) is 0.369. The average Bonchev–Trinajstić information content (AvgIpc) is 2.85. The van der Waals surface area contributed by atoms with Gasteiger partial charge in [-0.15, -0.1) is 0 Å². The molecule has 3 rings (SSSR count). The number of hydrogen-bond acceptors (Lipinski definition) is 7. The van der Waals surface area contributed by atoms with Crippen LogP contribution in [-0.4, -0.2) is 46.6 Å². The van der Waals surface area contributed by atoms with E-state index in [0.717, 1.165) is 11.1 Å². The summed E-state index contributed by atoms with van der Waals surface area (Å²) in [7, 11) is 0. The molecule has 1 aromatic heterocycles. The molecule has 0 fully saturated rings. The summed E-state index contributed by atoms with van der Waals surface area (Å²) in [6.07, 6.45) is -1.04. The van der Waals surface area contributed by atoms with Crippen LogP contribution in [0.1, 0.15) is 39.7 Å². The van der Waals surface area contributed by atoms with Crippen molar-refractivity contribution >= 4 is 29.5 Å². The first-order valence-electron chi connectivity index (χ1n) is 12.5. The van der Waals surface area contributed by atoms with Gasteiger partial charge in [-0.2, -0.15) is 5.10 Å². The summed E-state index contributed by atoms with van der Waals surface area (Å²) in [6.45, 7) is 7.62. The number of alkyl carbamates (subject to hydrolysis) is 1. The highest BCUT2D eigenvalue weighted by Gasteiger charge is 2.16. The van der Waals surface area contributed by atoms with Crippen molar-refractivity contribution in [2.75, 3.05) is 23.8 Å². The summed E-state index contributed by atoms with van der Waals surface area (Å²) in [6, 6.07) is 17.2. The zero-order valence-electron chi connectivity index (χ0n) is 22.4. The van der Waals surface area contributed by atoms with Gasteiger partial charge in [0.25, 0.3) is 5.56 Å². The molecule has 0 aliphatic heterocycles. The second-order valence-electron chi connectivity index (χ2n) is 9.56. The molecule has 206 valence electrons. The highest BCUT2D eigenvalue weighted by Crippen LogP contribution is 2.19. The topological polar surface area (TPSA) is 141 Å². The van der Waals surface area contributed by atoms with Gasteiger partial charge in [-0.05, 0) is 63.6 Å². The van der Waals surface area contributed by atoms with Gasteiger partial charge in [-0.25, -0.2) is 14.3 Å². The number of carbonyl (C=O) groups excluding carboxylic acids is 3. The van der Waals surface area contributed by atoms with E-state index in [-0.39, 0.29) is 37.6 Å². The molecule has 2 aromatic carbocycles. The summed E-state index contributed by atoms with van der Waals surface area (Å²) in [5, 5.41) is 12.4. The van der Waals surface area contributed by atoms with Gasteiger partial charge in [-0.1, -0.05) is 24.3 Å². The highest BCUT2D eigenvalue weighted by molar-refractivity contribution is 5.91. The summed E-state index contributed by atoms with van der Waals surface area (Å²) in [4.78, 5) is 48.0. The number of nitrogens with zero attached hydrogens (tertiary/aromatic N) is 2. The van der Waals surface area contributed by atoms with E-state index in [4.69, 9.17) is 9.47 Å². The molecule has 0 atom stereocenters. The molecule has 0 bridgehead atoms. The van der Waals surface area contributed by atoms with Crippen LogP contribution in [0, 0.1) is 0 Å². The number of aromatic nitrogens is 2. The van der Waals surface area contributed by atoms with E-state index in [2.05, 4.69) is 21.0 Å². The fourth-order valence-electron chi connectivity index (χ4n) is 3.46. The van der Waals surface area contributed by atoms with Crippen LogP contribution in [0.4, 0.5) is 21.0 Å². The SMILES string of the molecule is CCOC(=O)Nc1cccc(Cn2nc(-c3ccc(NC(=O)CCNC(=O)OC(C)(C)C)cc3)ccc2=O)c1. The van der Waals surface area contributed by atoms with Crippen LogP contribution in [0.25, 0.3) is 11.3 Å². The molecule has 0 spiro atoms. The lowest BCUT2D eigenvalue weighted by atomic mass is 10.1. The van der Waals surface area contributed by atoms with Gasteiger partial charge in [0, 0.05) is 36.0 Å². The fraction of sp³-hybridized carbons (Fsp3) is 0.321. The third-order valence-corrected chi connectivity index (χ3v) is 5.13. The molecule has 0 unspecified atom stereocenters. The summed E-state index contributed by atoms with van der Waals surface area (Å²) in [5.41, 5.74) is 2.36. The maximum Gasteiger partial charge on any atom is 0.411 e. The van der Waals surface area contributed by atoms with E-state index >= 15 is 0 Å². The average molecular weight is 536 g/mol. The molecule has 3 amide bonds. The number of nitrogens with one attached hydrogen (secondary N) is 3. The lowest BCUT2D eigenvalue weighted by Gasteiger charge is -2.19. The van der Waals surface area contributed by atoms with Crippen LogP contribution in [-0.2, 0) is 20.8 Å². The Labute approximate surface area is 226 Å². The Hall–Kier alpha value is -4.67. The van der Waals surface area contributed by atoms with Gasteiger partial charge in [0.05, 0.1) is 18.8 Å². The van der Waals surface area contributed by atoms with E-state index in [1.54, 1.807) is 76.2 Å². The van der Waals surface area contributed by atoms with E-state index < -0.39 is 17.8 Å². The molecule has 0 radical (unpaired) electrons. The van der Waals surface area contributed by atoms with Crippen LogP contribution < -0.4 is 21.5 Å². The maximum absolute atomic E-state index is 12.5. The molecule has 39 heavy (non-hydrogen) atoms. The minimum absolute atomic E-state index is 0.0873. The Balaban J connectivity index is 1.60. The lowest BCUT2D eigenvalue weighted by Crippen LogP contribution is -2.34. The largest absolute Gasteiger partial charge is 0.450 e. The molecular weight excluding hydrogens is 502 g/mol. The van der Waals surface area contributed by atoms with Crippen LogP contribution in [0.3, 0.4) is 0 Å². The van der Waals surface area contributed by atoms with Crippen LogP contribution in [0.5, 0.6) is 0 Å². The zero-order chi connectivity index (χ0) is 28.4. The number of anilines is 2. The molecule has 1 heterocycles.